The van der Waals surface area contributed by atoms with Crippen molar-refractivity contribution in [3.05, 3.63) is 29.8 Å². The zero-order valence-corrected chi connectivity index (χ0v) is 12.0. The fraction of sp³-hybridized carbons (Fsp3) is 0.647. The van der Waals surface area contributed by atoms with Crippen LogP contribution < -0.4 is 10.1 Å². The minimum absolute atomic E-state index is 0.0858. The van der Waals surface area contributed by atoms with Crippen molar-refractivity contribution in [2.24, 2.45) is 0 Å². The van der Waals surface area contributed by atoms with Crippen LogP contribution in [0.25, 0.3) is 0 Å². The Hall–Kier alpha value is -1.02. The van der Waals surface area contributed by atoms with E-state index in [4.69, 9.17) is 4.74 Å². The summed E-state index contributed by atoms with van der Waals surface area (Å²) < 4.78 is 6.49. The molecule has 19 heavy (non-hydrogen) atoms. The van der Waals surface area contributed by atoms with Crippen LogP contribution in [0.15, 0.2) is 24.3 Å². The molecule has 0 saturated heterocycles. The van der Waals surface area contributed by atoms with Crippen molar-refractivity contribution in [2.45, 2.75) is 63.0 Å². The van der Waals surface area contributed by atoms with Gasteiger partial charge in [-0.1, -0.05) is 37.5 Å². The molecule has 2 nitrogen and oxygen atoms in total. The van der Waals surface area contributed by atoms with E-state index in [9.17, 15) is 0 Å². The lowest BCUT2D eigenvalue weighted by molar-refractivity contribution is 0.00739. The molecule has 1 aromatic carbocycles. The Morgan fingerprint density at radius 3 is 2.47 bits per heavy atom. The molecule has 104 valence electrons. The van der Waals surface area contributed by atoms with Gasteiger partial charge in [-0.25, -0.2) is 0 Å². The molecule has 3 rings (SSSR count). The van der Waals surface area contributed by atoms with Crippen LogP contribution in [-0.2, 0) is 0 Å². The Kier molecular flexibility index (Phi) is 3.79. The summed E-state index contributed by atoms with van der Waals surface area (Å²) in [5, 5.41) is 3.49. The summed E-state index contributed by atoms with van der Waals surface area (Å²) in [6, 6.07) is 8.99. The van der Waals surface area contributed by atoms with Crippen LogP contribution in [-0.4, -0.2) is 12.6 Å². The number of hydrogen-bond acceptors (Lipinski definition) is 2. The molecule has 1 heterocycles. The van der Waals surface area contributed by atoms with Crippen molar-refractivity contribution in [2.75, 3.05) is 7.05 Å². The maximum atomic E-state index is 6.49. The minimum atomic E-state index is 0.0858. The number of benzene rings is 1. The van der Waals surface area contributed by atoms with E-state index in [0.717, 1.165) is 12.2 Å². The van der Waals surface area contributed by atoms with E-state index in [1.165, 1.54) is 50.5 Å². The molecule has 1 aromatic rings. The highest BCUT2D eigenvalue weighted by Crippen LogP contribution is 2.44. The van der Waals surface area contributed by atoms with Gasteiger partial charge < -0.3 is 10.1 Å². The molecular weight excluding hydrogens is 234 g/mol. The predicted octanol–water partition coefficient (Wildman–Crippen LogP) is 4.21. The average molecular weight is 259 g/mol. The lowest BCUT2D eigenvalue weighted by Gasteiger charge is -2.43. The van der Waals surface area contributed by atoms with E-state index < -0.39 is 0 Å². The zero-order chi connectivity index (χ0) is 13.1. The van der Waals surface area contributed by atoms with Crippen LogP contribution >= 0.6 is 0 Å². The average Bonchev–Trinajstić information content (AvgIpc) is 2.42. The highest BCUT2D eigenvalue weighted by Gasteiger charge is 2.39. The molecule has 0 amide bonds. The SMILES string of the molecule is CNC1CC2(CCCCCCC2)Oc2ccccc21. The van der Waals surface area contributed by atoms with Crippen LogP contribution in [0, 0.1) is 0 Å². The van der Waals surface area contributed by atoms with Gasteiger partial charge in [0.05, 0.1) is 0 Å². The Balaban J connectivity index is 1.88. The molecule has 1 saturated carbocycles. The molecule has 1 N–H and O–H groups in total. The zero-order valence-electron chi connectivity index (χ0n) is 12.0. The van der Waals surface area contributed by atoms with E-state index in [1.54, 1.807) is 0 Å². The third kappa shape index (κ3) is 2.64. The summed E-state index contributed by atoms with van der Waals surface area (Å²) in [5.41, 5.74) is 1.42. The number of ether oxygens (including phenoxy) is 1. The lowest BCUT2D eigenvalue weighted by Crippen LogP contribution is -2.44. The molecule has 1 fully saturated rings. The Morgan fingerprint density at radius 1 is 1.05 bits per heavy atom. The second kappa shape index (κ2) is 5.54. The second-order valence-corrected chi connectivity index (χ2v) is 6.14. The van der Waals surface area contributed by atoms with Gasteiger partial charge in [0.2, 0.25) is 0 Å². The van der Waals surface area contributed by atoms with Gasteiger partial charge in [0, 0.05) is 18.0 Å². The molecule has 1 unspecified atom stereocenters. The van der Waals surface area contributed by atoms with E-state index in [2.05, 4.69) is 36.6 Å². The topological polar surface area (TPSA) is 21.3 Å². The molecule has 1 aliphatic heterocycles. The molecule has 1 atom stereocenters. The first kappa shape index (κ1) is 13.0. The monoisotopic (exact) mass is 259 g/mol. The normalized spacial score (nSPS) is 26.1. The highest BCUT2D eigenvalue weighted by molar-refractivity contribution is 5.38. The summed E-state index contributed by atoms with van der Waals surface area (Å²) in [6.45, 7) is 0. The number of nitrogens with one attached hydrogen (secondary N) is 1. The minimum Gasteiger partial charge on any atom is -0.487 e. The van der Waals surface area contributed by atoms with Crippen molar-refractivity contribution in [3.63, 3.8) is 0 Å². The van der Waals surface area contributed by atoms with E-state index in [0.29, 0.717) is 6.04 Å². The number of fused-ring (bicyclic) bond motifs is 1. The molecule has 0 bridgehead atoms. The predicted molar refractivity (Wildman–Crippen MR) is 78.5 cm³/mol. The van der Waals surface area contributed by atoms with Gasteiger partial charge >= 0.3 is 0 Å². The van der Waals surface area contributed by atoms with Crippen molar-refractivity contribution in [1.82, 2.24) is 5.32 Å². The largest absolute Gasteiger partial charge is 0.487 e. The first-order valence-electron chi connectivity index (χ1n) is 7.78. The van der Waals surface area contributed by atoms with Crippen molar-refractivity contribution in [3.8, 4) is 5.75 Å². The summed E-state index contributed by atoms with van der Waals surface area (Å²) in [7, 11) is 2.07. The van der Waals surface area contributed by atoms with Gasteiger partial charge in [-0.15, -0.1) is 0 Å². The molecule has 0 radical (unpaired) electrons. The van der Waals surface area contributed by atoms with Crippen molar-refractivity contribution < 1.29 is 4.74 Å². The van der Waals surface area contributed by atoms with Gasteiger partial charge in [-0.05, 0) is 38.8 Å². The van der Waals surface area contributed by atoms with Gasteiger partial charge in [0.1, 0.15) is 11.4 Å². The fourth-order valence-electron chi connectivity index (χ4n) is 3.73. The number of para-hydroxylation sites is 1. The summed E-state index contributed by atoms with van der Waals surface area (Å²) in [5.74, 6) is 1.11. The molecule has 2 aliphatic rings. The van der Waals surface area contributed by atoms with Crippen molar-refractivity contribution in [1.29, 1.82) is 0 Å². The maximum Gasteiger partial charge on any atom is 0.124 e. The smallest absolute Gasteiger partial charge is 0.124 e. The number of rotatable bonds is 1. The highest BCUT2D eigenvalue weighted by atomic mass is 16.5. The standard InChI is InChI=1S/C17H25NO/c1-18-15-13-17(11-7-3-2-4-8-12-17)19-16-10-6-5-9-14(15)16/h5-6,9-10,15,18H,2-4,7-8,11-13H2,1H3. The molecule has 1 spiro atoms. The van der Waals surface area contributed by atoms with Crippen LogP contribution in [0.1, 0.15) is 63.0 Å². The first-order valence-corrected chi connectivity index (χ1v) is 7.78. The third-order valence-corrected chi connectivity index (χ3v) is 4.81. The molecule has 2 heteroatoms. The third-order valence-electron chi connectivity index (χ3n) is 4.81. The van der Waals surface area contributed by atoms with Crippen LogP contribution in [0.5, 0.6) is 5.75 Å². The van der Waals surface area contributed by atoms with Gasteiger partial charge in [0.15, 0.2) is 0 Å². The quantitative estimate of drug-likeness (QED) is 0.815. The van der Waals surface area contributed by atoms with Gasteiger partial charge in [0.25, 0.3) is 0 Å². The molecule has 1 aliphatic carbocycles. The van der Waals surface area contributed by atoms with Crippen LogP contribution in [0.3, 0.4) is 0 Å². The maximum absolute atomic E-state index is 6.49. The molecular formula is C17H25NO. The lowest BCUT2D eigenvalue weighted by atomic mass is 9.79. The van der Waals surface area contributed by atoms with E-state index in [1.807, 2.05) is 0 Å². The Bertz CT molecular complexity index is 421. The van der Waals surface area contributed by atoms with Crippen LogP contribution in [0.2, 0.25) is 0 Å². The second-order valence-electron chi connectivity index (χ2n) is 6.14. The van der Waals surface area contributed by atoms with Crippen molar-refractivity contribution >= 4 is 0 Å². The fourth-order valence-corrected chi connectivity index (χ4v) is 3.73. The first-order chi connectivity index (χ1) is 9.33. The Labute approximate surface area is 116 Å². The summed E-state index contributed by atoms with van der Waals surface area (Å²) >= 11 is 0. The van der Waals surface area contributed by atoms with Gasteiger partial charge in [-0.3, -0.25) is 0 Å². The molecule has 0 aromatic heterocycles. The number of hydrogen-bond donors (Lipinski definition) is 1. The summed E-state index contributed by atoms with van der Waals surface area (Å²) in [6.07, 6.45) is 10.4. The Morgan fingerprint density at radius 2 is 1.74 bits per heavy atom. The van der Waals surface area contributed by atoms with Gasteiger partial charge in [-0.2, -0.15) is 0 Å². The van der Waals surface area contributed by atoms with E-state index in [-0.39, 0.29) is 5.60 Å². The summed E-state index contributed by atoms with van der Waals surface area (Å²) in [4.78, 5) is 0. The van der Waals surface area contributed by atoms with Crippen LogP contribution in [0.4, 0.5) is 0 Å². The van der Waals surface area contributed by atoms with E-state index >= 15 is 0 Å².